The number of rotatable bonds is 6. The predicted octanol–water partition coefficient (Wildman–Crippen LogP) is 3.23. The van der Waals surface area contributed by atoms with Gasteiger partial charge in [0.15, 0.2) is 0 Å². The van der Waals surface area contributed by atoms with Crippen molar-refractivity contribution in [3.8, 4) is 11.5 Å². The Bertz CT molecular complexity index is 737. The highest BCUT2D eigenvalue weighted by atomic mass is 16.5. The fraction of sp³-hybridized carbons (Fsp3) is 0.176. The second kappa shape index (κ2) is 7.71. The molecule has 0 aliphatic carbocycles. The standard InChI is InChI=1S/C17H14N2O4/c1-22-16-5-3-12(8-14(16)18-10-20)7-13-4-6-17(23-2)15(9-13)19-11-21/h3-6,8-9H,7H2,1-2H3. The van der Waals surface area contributed by atoms with E-state index in [2.05, 4.69) is 9.98 Å². The fourth-order valence-electron chi connectivity index (χ4n) is 2.20. The number of aliphatic imine (C=N–C) groups is 2. The van der Waals surface area contributed by atoms with Crippen LogP contribution in [0.15, 0.2) is 46.4 Å². The molecule has 6 nitrogen and oxygen atoms in total. The summed E-state index contributed by atoms with van der Waals surface area (Å²) < 4.78 is 10.3. The number of methoxy groups -OCH3 is 2. The maximum absolute atomic E-state index is 10.5. The Hall–Kier alpha value is -3.20. The molecule has 0 fully saturated rings. The second-order valence-electron chi connectivity index (χ2n) is 4.60. The molecule has 2 aromatic carbocycles. The first kappa shape index (κ1) is 16.2. The third-order valence-electron chi connectivity index (χ3n) is 3.23. The van der Waals surface area contributed by atoms with Crippen molar-refractivity contribution in [1.82, 2.24) is 0 Å². The Morgan fingerprint density at radius 3 is 1.61 bits per heavy atom. The molecule has 0 aromatic heterocycles. The summed E-state index contributed by atoms with van der Waals surface area (Å²) >= 11 is 0. The van der Waals surface area contributed by atoms with Crippen LogP contribution in [0, 0.1) is 0 Å². The van der Waals surface area contributed by atoms with Crippen molar-refractivity contribution in [2.75, 3.05) is 14.2 Å². The highest BCUT2D eigenvalue weighted by Gasteiger charge is 2.07. The normalized spacial score (nSPS) is 9.48. The first-order valence-electron chi connectivity index (χ1n) is 6.71. The van der Waals surface area contributed by atoms with Gasteiger partial charge < -0.3 is 9.47 Å². The lowest BCUT2D eigenvalue weighted by atomic mass is 10.0. The molecule has 0 heterocycles. The second-order valence-corrected chi connectivity index (χ2v) is 4.60. The number of nitrogens with zero attached hydrogens (tertiary/aromatic N) is 2. The predicted molar refractivity (Wildman–Crippen MR) is 84.4 cm³/mol. The number of isocyanates is 2. The van der Waals surface area contributed by atoms with Gasteiger partial charge in [0.05, 0.1) is 14.2 Å². The highest BCUT2D eigenvalue weighted by Crippen LogP contribution is 2.31. The number of hydrogen-bond acceptors (Lipinski definition) is 6. The van der Waals surface area contributed by atoms with E-state index in [0.29, 0.717) is 29.3 Å². The lowest BCUT2D eigenvalue weighted by molar-refractivity contribution is 0.416. The monoisotopic (exact) mass is 310 g/mol. The summed E-state index contributed by atoms with van der Waals surface area (Å²) in [6.45, 7) is 0. The van der Waals surface area contributed by atoms with Crippen molar-refractivity contribution in [3.63, 3.8) is 0 Å². The van der Waals surface area contributed by atoms with Crippen LogP contribution in [0.3, 0.4) is 0 Å². The van der Waals surface area contributed by atoms with Gasteiger partial charge in [-0.1, -0.05) is 12.1 Å². The van der Waals surface area contributed by atoms with Gasteiger partial charge in [0.1, 0.15) is 22.9 Å². The number of hydrogen-bond donors (Lipinski definition) is 0. The third kappa shape index (κ3) is 3.92. The number of benzene rings is 2. The van der Waals surface area contributed by atoms with E-state index in [4.69, 9.17) is 9.47 Å². The average Bonchev–Trinajstić information content (AvgIpc) is 2.56. The van der Waals surface area contributed by atoms with Gasteiger partial charge in [0.2, 0.25) is 12.2 Å². The minimum absolute atomic E-state index is 0.416. The van der Waals surface area contributed by atoms with Gasteiger partial charge in [-0.15, -0.1) is 0 Å². The minimum Gasteiger partial charge on any atom is -0.494 e. The zero-order valence-corrected chi connectivity index (χ0v) is 12.7. The van der Waals surface area contributed by atoms with Crippen molar-refractivity contribution >= 4 is 23.5 Å². The Morgan fingerprint density at radius 2 is 1.26 bits per heavy atom. The van der Waals surface area contributed by atoms with E-state index in [9.17, 15) is 9.59 Å². The van der Waals surface area contributed by atoms with Gasteiger partial charge in [-0.05, 0) is 41.8 Å². The van der Waals surface area contributed by atoms with Crippen molar-refractivity contribution in [1.29, 1.82) is 0 Å². The highest BCUT2D eigenvalue weighted by molar-refractivity contribution is 5.61. The van der Waals surface area contributed by atoms with Crippen LogP contribution in [0.5, 0.6) is 11.5 Å². The van der Waals surface area contributed by atoms with Crippen molar-refractivity contribution < 1.29 is 19.1 Å². The molecular weight excluding hydrogens is 296 g/mol. The van der Waals surface area contributed by atoms with E-state index >= 15 is 0 Å². The average molecular weight is 310 g/mol. The van der Waals surface area contributed by atoms with Crippen LogP contribution in [0.4, 0.5) is 11.4 Å². The smallest absolute Gasteiger partial charge is 0.240 e. The summed E-state index contributed by atoms with van der Waals surface area (Å²) in [4.78, 5) is 28.2. The first-order chi connectivity index (χ1) is 11.2. The molecule has 0 atom stereocenters. The molecule has 2 aromatic rings. The van der Waals surface area contributed by atoms with Crippen molar-refractivity contribution in [2.24, 2.45) is 9.98 Å². The van der Waals surface area contributed by atoms with Crippen LogP contribution in [0.25, 0.3) is 0 Å². The van der Waals surface area contributed by atoms with Crippen LogP contribution in [-0.4, -0.2) is 26.4 Å². The van der Waals surface area contributed by atoms with E-state index in [0.717, 1.165) is 11.1 Å². The largest absolute Gasteiger partial charge is 0.494 e. The Kier molecular flexibility index (Phi) is 5.42. The molecular formula is C17H14N2O4. The van der Waals surface area contributed by atoms with Crippen molar-refractivity contribution in [3.05, 3.63) is 47.5 Å². The van der Waals surface area contributed by atoms with E-state index in [1.54, 1.807) is 24.3 Å². The molecule has 2 rings (SSSR count). The van der Waals surface area contributed by atoms with Gasteiger partial charge in [-0.2, -0.15) is 9.98 Å². The summed E-state index contributed by atoms with van der Waals surface area (Å²) in [5.74, 6) is 0.996. The first-order valence-corrected chi connectivity index (χ1v) is 6.71. The molecule has 0 N–H and O–H groups in total. The van der Waals surface area contributed by atoms with Gasteiger partial charge >= 0.3 is 0 Å². The molecule has 0 spiro atoms. The maximum Gasteiger partial charge on any atom is 0.240 e. The van der Waals surface area contributed by atoms with Crippen molar-refractivity contribution in [2.45, 2.75) is 6.42 Å². The van der Waals surface area contributed by atoms with Crippen LogP contribution < -0.4 is 9.47 Å². The number of carbonyl (C=O) groups excluding carboxylic acids is 2. The lowest BCUT2D eigenvalue weighted by Gasteiger charge is -2.09. The van der Waals surface area contributed by atoms with Gasteiger partial charge in [-0.3, -0.25) is 0 Å². The minimum atomic E-state index is 0.416. The van der Waals surface area contributed by atoms with E-state index in [-0.39, 0.29) is 0 Å². The fourth-order valence-corrected chi connectivity index (χ4v) is 2.20. The van der Waals surface area contributed by atoms with Gasteiger partial charge in [0, 0.05) is 0 Å². The summed E-state index contributed by atoms with van der Waals surface area (Å²) in [5, 5.41) is 0. The van der Waals surface area contributed by atoms with Crippen LogP contribution in [0.1, 0.15) is 11.1 Å². The van der Waals surface area contributed by atoms with E-state index in [1.165, 1.54) is 26.4 Å². The van der Waals surface area contributed by atoms with E-state index in [1.807, 2.05) is 12.1 Å². The molecule has 116 valence electrons. The summed E-state index contributed by atoms with van der Waals surface area (Å²) in [7, 11) is 3.01. The Balaban J connectivity index is 2.35. The van der Waals surface area contributed by atoms with E-state index < -0.39 is 0 Å². The molecule has 0 unspecified atom stereocenters. The zero-order chi connectivity index (χ0) is 16.7. The van der Waals surface area contributed by atoms with Crippen LogP contribution in [0.2, 0.25) is 0 Å². The molecule has 0 aliphatic rings. The molecule has 0 amide bonds. The third-order valence-corrected chi connectivity index (χ3v) is 3.23. The summed E-state index contributed by atoms with van der Waals surface area (Å²) in [6, 6.07) is 10.7. The van der Waals surface area contributed by atoms with Crippen LogP contribution >= 0.6 is 0 Å². The maximum atomic E-state index is 10.5. The Labute approximate surface area is 133 Å². The molecule has 0 saturated carbocycles. The zero-order valence-electron chi connectivity index (χ0n) is 12.7. The summed E-state index contributed by atoms with van der Waals surface area (Å²) in [5.41, 5.74) is 2.68. The SMILES string of the molecule is COc1ccc(Cc2ccc(OC)c(N=C=O)c2)cc1N=C=O. The lowest BCUT2D eigenvalue weighted by Crippen LogP contribution is -1.91. The molecule has 0 radical (unpaired) electrons. The summed E-state index contributed by atoms with van der Waals surface area (Å²) in [6.07, 6.45) is 3.59. The molecule has 0 aliphatic heterocycles. The van der Waals surface area contributed by atoms with Gasteiger partial charge in [-0.25, -0.2) is 9.59 Å². The number of ether oxygens (including phenoxy) is 2. The van der Waals surface area contributed by atoms with Gasteiger partial charge in [0.25, 0.3) is 0 Å². The topological polar surface area (TPSA) is 77.3 Å². The molecule has 0 saturated heterocycles. The molecule has 6 heteroatoms. The molecule has 23 heavy (non-hydrogen) atoms. The van der Waals surface area contributed by atoms with Crippen LogP contribution in [-0.2, 0) is 16.0 Å². The quantitative estimate of drug-likeness (QED) is 0.606. The Morgan fingerprint density at radius 1 is 0.826 bits per heavy atom. The molecule has 0 bridgehead atoms.